The molecule has 0 aliphatic carbocycles. The lowest BCUT2D eigenvalue weighted by atomic mass is 10.2. The average molecular weight is 365 g/mol. The van der Waals surface area contributed by atoms with E-state index in [-0.39, 0.29) is 10.6 Å². The minimum atomic E-state index is -3.86. The fourth-order valence-electron chi connectivity index (χ4n) is 2.32. The van der Waals surface area contributed by atoms with E-state index in [0.717, 1.165) is 5.56 Å². The second-order valence-electron chi connectivity index (χ2n) is 5.28. The molecule has 136 valence electrons. The van der Waals surface area contributed by atoms with Crippen molar-refractivity contribution in [2.75, 3.05) is 25.0 Å². The van der Waals surface area contributed by atoms with E-state index >= 15 is 0 Å². The molecule has 0 amide bonds. The lowest BCUT2D eigenvalue weighted by Crippen LogP contribution is -2.15. The van der Waals surface area contributed by atoms with E-state index in [1.807, 2.05) is 20.8 Å². The fourth-order valence-corrected chi connectivity index (χ4v) is 3.64. The summed E-state index contributed by atoms with van der Waals surface area (Å²) < 4.78 is 44.5. The van der Waals surface area contributed by atoms with Gasteiger partial charge in [0, 0.05) is 6.07 Å². The molecule has 0 fully saturated rings. The van der Waals surface area contributed by atoms with Gasteiger partial charge in [-0.3, -0.25) is 4.72 Å². The third-order valence-electron chi connectivity index (χ3n) is 3.41. The SMILES string of the molecule is CCOc1ccc(OCC)c(NS(=O)(=O)c2cc(C)ccc2OC)c1. The van der Waals surface area contributed by atoms with Crippen molar-refractivity contribution in [3.63, 3.8) is 0 Å². The molecule has 7 heteroatoms. The van der Waals surface area contributed by atoms with E-state index in [4.69, 9.17) is 14.2 Å². The van der Waals surface area contributed by atoms with E-state index in [1.54, 1.807) is 36.4 Å². The molecule has 0 unspecified atom stereocenters. The Morgan fingerprint density at radius 1 is 0.960 bits per heavy atom. The predicted molar refractivity (Wildman–Crippen MR) is 97.3 cm³/mol. The minimum Gasteiger partial charge on any atom is -0.495 e. The molecule has 2 rings (SSSR count). The van der Waals surface area contributed by atoms with Gasteiger partial charge in [0.15, 0.2) is 0 Å². The van der Waals surface area contributed by atoms with Crippen molar-refractivity contribution in [3.8, 4) is 17.2 Å². The highest BCUT2D eigenvalue weighted by atomic mass is 32.2. The van der Waals surface area contributed by atoms with Crippen LogP contribution in [0.15, 0.2) is 41.3 Å². The first-order valence-corrected chi connectivity index (χ1v) is 9.46. The third kappa shape index (κ3) is 4.57. The summed E-state index contributed by atoms with van der Waals surface area (Å²) in [6.07, 6.45) is 0. The number of hydrogen-bond acceptors (Lipinski definition) is 5. The topological polar surface area (TPSA) is 73.9 Å². The summed E-state index contributed by atoms with van der Waals surface area (Å²) in [5.41, 5.74) is 1.13. The van der Waals surface area contributed by atoms with Gasteiger partial charge in [-0.15, -0.1) is 0 Å². The fraction of sp³-hybridized carbons (Fsp3) is 0.333. The van der Waals surface area contributed by atoms with Crippen molar-refractivity contribution in [2.45, 2.75) is 25.7 Å². The Hall–Kier alpha value is -2.41. The predicted octanol–water partition coefficient (Wildman–Crippen LogP) is 3.60. The van der Waals surface area contributed by atoms with Crippen LogP contribution in [0.3, 0.4) is 0 Å². The molecule has 0 bridgehead atoms. The number of rotatable bonds is 8. The summed E-state index contributed by atoms with van der Waals surface area (Å²) in [5.74, 6) is 1.26. The molecule has 2 aromatic carbocycles. The molecule has 0 saturated carbocycles. The Morgan fingerprint density at radius 3 is 2.28 bits per heavy atom. The van der Waals surface area contributed by atoms with Crippen molar-refractivity contribution in [1.82, 2.24) is 0 Å². The van der Waals surface area contributed by atoms with Gasteiger partial charge >= 0.3 is 0 Å². The molecular weight excluding hydrogens is 342 g/mol. The Bertz CT molecular complexity index is 833. The number of hydrogen-bond donors (Lipinski definition) is 1. The summed E-state index contributed by atoms with van der Waals surface area (Å²) in [6.45, 7) is 6.40. The van der Waals surface area contributed by atoms with Crippen LogP contribution in [0.2, 0.25) is 0 Å². The summed E-state index contributed by atoms with van der Waals surface area (Å²) in [4.78, 5) is 0.0688. The minimum absolute atomic E-state index is 0.0688. The number of ether oxygens (including phenoxy) is 3. The van der Waals surface area contributed by atoms with Crippen LogP contribution >= 0.6 is 0 Å². The molecule has 0 saturated heterocycles. The highest BCUT2D eigenvalue weighted by molar-refractivity contribution is 7.92. The number of sulfonamides is 1. The maximum atomic E-state index is 12.9. The van der Waals surface area contributed by atoms with Crippen LogP contribution in [0.4, 0.5) is 5.69 Å². The molecule has 0 aliphatic rings. The van der Waals surface area contributed by atoms with Crippen molar-refractivity contribution in [2.24, 2.45) is 0 Å². The summed E-state index contributed by atoms with van der Waals surface area (Å²) >= 11 is 0. The first kappa shape index (κ1) is 18.9. The van der Waals surface area contributed by atoms with Crippen LogP contribution in [0.1, 0.15) is 19.4 Å². The standard InChI is InChI=1S/C18H23NO5S/c1-5-23-14-8-10-16(24-6-2)15(12-14)19-25(20,21)18-11-13(3)7-9-17(18)22-4/h7-12,19H,5-6H2,1-4H3. The number of nitrogens with one attached hydrogen (secondary N) is 1. The van der Waals surface area contributed by atoms with Gasteiger partial charge in [0.25, 0.3) is 10.0 Å². The van der Waals surface area contributed by atoms with Gasteiger partial charge in [-0.1, -0.05) is 6.07 Å². The van der Waals surface area contributed by atoms with Gasteiger partial charge in [-0.05, 0) is 50.6 Å². The quantitative estimate of drug-likeness (QED) is 0.774. The molecule has 0 atom stereocenters. The highest BCUT2D eigenvalue weighted by Crippen LogP contribution is 2.33. The van der Waals surface area contributed by atoms with Crippen LogP contribution in [-0.4, -0.2) is 28.7 Å². The van der Waals surface area contributed by atoms with Crippen molar-refractivity contribution >= 4 is 15.7 Å². The smallest absolute Gasteiger partial charge is 0.265 e. The van der Waals surface area contributed by atoms with Crippen LogP contribution in [0.5, 0.6) is 17.2 Å². The van der Waals surface area contributed by atoms with E-state index in [0.29, 0.717) is 30.4 Å². The number of methoxy groups -OCH3 is 1. The van der Waals surface area contributed by atoms with Crippen LogP contribution < -0.4 is 18.9 Å². The Morgan fingerprint density at radius 2 is 1.64 bits per heavy atom. The van der Waals surface area contributed by atoms with Crippen LogP contribution in [0, 0.1) is 6.92 Å². The monoisotopic (exact) mass is 365 g/mol. The molecule has 0 radical (unpaired) electrons. The Labute approximate surface area is 148 Å². The summed E-state index contributed by atoms with van der Waals surface area (Å²) in [6, 6.07) is 10.0. The maximum Gasteiger partial charge on any atom is 0.265 e. The largest absolute Gasteiger partial charge is 0.495 e. The van der Waals surface area contributed by atoms with Gasteiger partial charge < -0.3 is 14.2 Å². The van der Waals surface area contributed by atoms with Gasteiger partial charge in [0.1, 0.15) is 22.1 Å². The zero-order valence-corrected chi connectivity index (χ0v) is 15.6. The first-order chi connectivity index (χ1) is 11.9. The Balaban J connectivity index is 2.46. The third-order valence-corrected chi connectivity index (χ3v) is 4.80. The lowest BCUT2D eigenvalue weighted by molar-refractivity contribution is 0.332. The lowest BCUT2D eigenvalue weighted by Gasteiger charge is -2.16. The second-order valence-corrected chi connectivity index (χ2v) is 6.93. The highest BCUT2D eigenvalue weighted by Gasteiger charge is 2.22. The molecule has 2 aromatic rings. The first-order valence-electron chi connectivity index (χ1n) is 7.98. The van der Waals surface area contributed by atoms with E-state index < -0.39 is 10.0 Å². The molecule has 0 aromatic heterocycles. The van der Waals surface area contributed by atoms with Crippen molar-refractivity contribution in [1.29, 1.82) is 0 Å². The van der Waals surface area contributed by atoms with Crippen LogP contribution in [0.25, 0.3) is 0 Å². The zero-order chi connectivity index (χ0) is 18.4. The van der Waals surface area contributed by atoms with Gasteiger partial charge in [0.05, 0.1) is 26.0 Å². The zero-order valence-electron chi connectivity index (χ0n) is 14.8. The Kier molecular flexibility index (Phi) is 6.14. The molecule has 1 N–H and O–H groups in total. The number of anilines is 1. The molecule has 0 heterocycles. The number of benzene rings is 2. The summed E-state index contributed by atoms with van der Waals surface area (Å²) in [7, 11) is -2.43. The second kappa shape index (κ2) is 8.11. The van der Waals surface area contributed by atoms with Gasteiger partial charge in [0.2, 0.25) is 0 Å². The maximum absolute atomic E-state index is 12.9. The summed E-state index contributed by atoms with van der Waals surface area (Å²) in [5, 5.41) is 0. The molecule has 6 nitrogen and oxygen atoms in total. The van der Waals surface area contributed by atoms with Crippen LogP contribution in [-0.2, 0) is 10.0 Å². The molecule has 25 heavy (non-hydrogen) atoms. The van der Waals surface area contributed by atoms with Gasteiger partial charge in [-0.2, -0.15) is 0 Å². The van der Waals surface area contributed by atoms with Crippen molar-refractivity contribution in [3.05, 3.63) is 42.0 Å². The average Bonchev–Trinajstić information content (AvgIpc) is 2.57. The molecule has 0 aliphatic heterocycles. The van der Waals surface area contributed by atoms with Gasteiger partial charge in [-0.25, -0.2) is 8.42 Å². The van der Waals surface area contributed by atoms with E-state index in [9.17, 15) is 8.42 Å². The molecule has 0 spiro atoms. The van der Waals surface area contributed by atoms with Crippen molar-refractivity contribution < 1.29 is 22.6 Å². The molecular formula is C18H23NO5S. The number of aryl methyl sites for hydroxylation is 1. The normalized spacial score (nSPS) is 11.0. The van der Waals surface area contributed by atoms with E-state index in [2.05, 4.69) is 4.72 Å². The van der Waals surface area contributed by atoms with E-state index in [1.165, 1.54) is 7.11 Å².